The van der Waals surface area contributed by atoms with Crippen molar-refractivity contribution >= 4 is 11.3 Å². The molecule has 1 unspecified atom stereocenters. The normalized spacial score (nSPS) is 18.5. The molecule has 0 amide bonds. The van der Waals surface area contributed by atoms with Gasteiger partial charge in [0.25, 0.3) is 5.89 Å². The first-order chi connectivity index (χ1) is 12.3. The number of hydrogen-bond acceptors (Lipinski definition) is 7. The lowest BCUT2D eigenvalue weighted by molar-refractivity contribution is 0.190. The number of thiazole rings is 1. The predicted octanol–water partition coefficient (Wildman–Crippen LogP) is 2.55. The second-order valence-electron chi connectivity index (χ2n) is 6.27. The largest absolute Gasteiger partial charge is 0.332 e. The van der Waals surface area contributed by atoms with Crippen molar-refractivity contribution < 1.29 is 4.52 Å². The lowest BCUT2D eigenvalue weighted by Crippen LogP contribution is -2.44. The molecule has 7 heteroatoms. The maximum Gasteiger partial charge on any atom is 0.277 e. The van der Waals surface area contributed by atoms with Gasteiger partial charge in [0.1, 0.15) is 5.69 Å². The van der Waals surface area contributed by atoms with E-state index in [0.29, 0.717) is 5.89 Å². The summed E-state index contributed by atoms with van der Waals surface area (Å²) in [7, 11) is 2.09. The van der Waals surface area contributed by atoms with Crippen LogP contribution >= 0.6 is 11.3 Å². The molecule has 1 N–H and O–H groups in total. The van der Waals surface area contributed by atoms with Gasteiger partial charge in [-0.15, -0.1) is 11.3 Å². The molecule has 25 heavy (non-hydrogen) atoms. The molecule has 3 heterocycles. The molecular weight excluding hydrogens is 334 g/mol. The average molecular weight is 355 g/mol. The van der Waals surface area contributed by atoms with Gasteiger partial charge in [-0.25, -0.2) is 4.98 Å². The first kappa shape index (κ1) is 16.4. The third kappa shape index (κ3) is 3.78. The van der Waals surface area contributed by atoms with Crippen molar-refractivity contribution in [2.45, 2.75) is 18.9 Å². The number of hydrogen-bond donors (Lipinski definition) is 1. The molecular formula is C18H21N5OS. The van der Waals surface area contributed by atoms with E-state index in [0.717, 1.165) is 49.0 Å². The van der Waals surface area contributed by atoms with E-state index in [4.69, 9.17) is 4.52 Å². The minimum Gasteiger partial charge on any atom is -0.332 e. The number of nitrogens with one attached hydrogen (secondary N) is 1. The number of nitrogens with zero attached hydrogens (tertiary/aromatic N) is 4. The van der Waals surface area contributed by atoms with Gasteiger partial charge in [-0.3, -0.25) is 4.90 Å². The molecule has 4 rings (SSSR count). The Morgan fingerprint density at radius 1 is 1.24 bits per heavy atom. The highest BCUT2D eigenvalue weighted by Gasteiger charge is 2.26. The van der Waals surface area contributed by atoms with Gasteiger partial charge in [0.15, 0.2) is 5.82 Å². The fraction of sp³-hybridized carbons (Fsp3) is 0.389. The number of aromatic nitrogens is 3. The van der Waals surface area contributed by atoms with Crippen LogP contribution in [0.5, 0.6) is 0 Å². The van der Waals surface area contributed by atoms with E-state index in [2.05, 4.69) is 56.7 Å². The summed E-state index contributed by atoms with van der Waals surface area (Å²) in [6.07, 6.45) is 1.91. The van der Waals surface area contributed by atoms with Gasteiger partial charge in [-0.1, -0.05) is 35.5 Å². The molecule has 3 aromatic rings. The van der Waals surface area contributed by atoms with Gasteiger partial charge in [0, 0.05) is 31.4 Å². The molecule has 1 aliphatic heterocycles. The Hall–Kier alpha value is -2.09. The van der Waals surface area contributed by atoms with Gasteiger partial charge in [0.05, 0.1) is 11.0 Å². The SMILES string of the molecule is CN1CCNCC1c1noc(-c2csc(CCc3ccccc3)n2)n1. The first-order valence-electron chi connectivity index (χ1n) is 8.53. The van der Waals surface area contributed by atoms with Crippen LogP contribution in [0.15, 0.2) is 40.2 Å². The Kier molecular flexibility index (Phi) is 4.87. The second-order valence-corrected chi connectivity index (χ2v) is 7.21. The van der Waals surface area contributed by atoms with Crippen molar-refractivity contribution in [1.29, 1.82) is 0 Å². The van der Waals surface area contributed by atoms with Gasteiger partial charge in [0.2, 0.25) is 0 Å². The maximum absolute atomic E-state index is 5.46. The Labute approximate surface area is 150 Å². The topological polar surface area (TPSA) is 67.1 Å². The second kappa shape index (κ2) is 7.43. The van der Waals surface area contributed by atoms with E-state index in [1.807, 2.05) is 11.4 Å². The van der Waals surface area contributed by atoms with Crippen LogP contribution in [0.4, 0.5) is 0 Å². The summed E-state index contributed by atoms with van der Waals surface area (Å²) in [6.45, 7) is 2.82. The molecule has 0 radical (unpaired) electrons. The van der Waals surface area contributed by atoms with E-state index in [-0.39, 0.29) is 6.04 Å². The van der Waals surface area contributed by atoms with E-state index in [1.165, 1.54) is 5.56 Å². The van der Waals surface area contributed by atoms with Crippen molar-refractivity contribution in [3.05, 3.63) is 52.1 Å². The molecule has 1 aromatic carbocycles. The molecule has 0 spiro atoms. The molecule has 0 saturated carbocycles. The highest BCUT2D eigenvalue weighted by Crippen LogP contribution is 2.24. The standard InChI is InChI=1S/C18H21N5OS/c1-23-10-9-19-11-15(23)17-21-18(24-22-17)14-12-25-16(20-14)8-7-13-5-3-2-4-6-13/h2-6,12,15,19H,7-11H2,1H3. The molecule has 1 aliphatic rings. The molecule has 6 nitrogen and oxygen atoms in total. The van der Waals surface area contributed by atoms with E-state index >= 15 is 0 Å². The van der Waals surface area contributed by atoms with Gasteiger partial charge in [-0.2, -0.15) is 4.98 Å². The summed E-state index contributed by atoms with van der Waals surface area (Å²) in [6, 6.07) is 10.6. The molecule has 1 atom stereocenters. The van der Waals surface area contributed by atoms with Gasteiger partial charge in [-0.05, 0) is 19.0 Å². The molecule has 130 valence electrons. The fourth-order valence-corrected chi connectivity index (χ4v) is 3.76. The monoisotopic (exact) mass is 355 g/mol. The maximum atomic E-state index is 5.46. The summed E-state index contributed by atoms with van der Waals surface area (Å²) in [5.74, 6) is 1.24. The van der Waals surface area contributed by atoms with Crippen LogP contribution in [0.1, 0.15) is 22.4 Å². The van der Waals surface area contributed by atoms with Crippen LogP contribution in [0.3, 0.4) is 0 Å². The molecule has 2 aromatic heterocycles. The van der Waals surface area contributed by atoms with Crippen molar-refractivity contribution in [2.24, 2.45) is 0 Å². The van der Waals surface area contributed by atoms with E-state index in [9.17, 15) is 0 Å². The molecule has 1 saturated heterocycles. The van der Waals surface area contributed by atoms with E-state index < -0.39 is 0 Å². The van der Waals surface area contributed by atoms with Crippen LogP contribution in [0, 0.1) is 0 Å². The van der Waals surface area contributed by atoms with Crippen LogP contribution in [-0.4, -0.2) is 46.7 Å². The van der Waals surface area contributed by atoms with E-state index in [1.54, 1.807) is 11.3 Å². The zero-order chi connectivity index (χ0) is 17.1. The number of benzene rings is 1. The summed E-state index contributed by atoms with van der Waals surface area (Å²) in [5, 5.41) is 10.6. The van der Waals surface area contributed by atoms with Crippen LogP contribution in [0.25, 0.3) is 11.6 Å². The fourth-order valence-electron chi connectivity index (χ4n) is 2.99. The van der Waals surface area contributed by atoms with Crippen LogP contribution < -0.4 is 5.32 Å². The third-order valence-electron chi connectivity index (χ3n) is 4.49. The lowest BCUT2D eigenvalue weighted by atomic mass is 10.1. The Balaban J connectivity index is 1.43. The molecule has 0 aliphatic carbocycles. The summed E-state index contributed by atoms with van der Waals surface area (Å²) >= 11 is 1.65. The third-order valence-corrected chi connectivity index (χ3v) is 5.40. The van der Waals surface area contributed by atoms with Crippen molar-refractivity contribution in [3.8, 4) is 11.6 Å². The van der Waals surface area contributed by atoms with Gasteiger partial charge < -0.3 is 9.84 Å². The number of piperazine rings is 1. The number of rotatable bonds is 5. The minimum absolute atomic E-state index is 0.155. The predicted molar refractivity (Wildman–Crippen MR) is 97.5 cm³/mol. The quantitative estimate of drug-likeness (QED) is 0.759. The highest BCUT2D eigenvalue weighted by molar-refractivity contribution is 7.09. The lowest BCUT2D eigenvalue weighted by Gasteiger charge is -2.30. The van der Waals surface area contributed by atoms with Gasteiger partial charge >= 0.3 is 0 Å². The average Bonchev–Trinajstić information content (AvgIpc) is 3.31. The number of aryl methyl sites for hydroxylation is 2. The van der Waals surface area contributed by atoms with Crippen molar-refractivity contribution in [1.82, 2.24) is 25.3 Å². The molecule has 0 bridgehead atoms. The van der Waals surface area contributed by atoms with Crippen LogP contribution in [0.2, 0.25) is 0 Å². The number of likely N-dealkylation sites (N-methyl/N-ethyl adjacent to an activating group) is 1. The van der Waals surface area contributed by atoms with Crippen molar-refractivity contribution in [3.63, 3.8) is 0 Å². The van der Waals surface area contributed by atoms with Crippen LogP contribution in [-0.2, 0) is 12.8 Å². The zero-order valence-corrected chi connectivity index (χ0v) is 15.0. The minimum atomic E-state index is 0.155. The summed E-state index contributed by atoms with van der Waals surface area (Å²) in [5.41, 5.74) is 2.10. The molecule has 1 fully saturated rings. The highest BCUT2D eigenvalue weighted by atomic mass is 32.1. The first-order valence-corrected chi connectivity index (χ1v) is 9.41. The summed E-state index contributed by atoms with van der Waals surface area (Å²) in [4.78, 5) is 11.5. The Bertz CT molecular complexity index is 816. The zero-order valence-electron chi connectivity index (χ0n) is 14.2. The Morgan fingerprint density at radius 2 is 2.12 bits per heavy atom. The smallest absolute Gasteiger partial charge is 0.277 e. The van der Waals surface area contributed by atoms with Crippen molar-refractivity contribution in [2.75, 3.05) is 26.7 Å². The Morgan fingerprint density at radius 3 is 2.96 bits per heavy atom. The summed E-state index contributed by atoms with van der Waals surface area (Å²) < 4.78 is 5.46.